The van der Waals surface area contributed by atoms with Gasteiger partial charge in [-0.3, -0.25) is 4.68 Å². The van der Waals surface area contributed by atoms with Gasteiger partial charge in [-0.25, -0.2) is 8.42 Å². The number of hydrogen-bond acceptors (Lipinski definition) is 4. The summed E-state index contributed by atoms with van der Waals surface area (Å²) in [7, 11) is -1.08. The van der Waals surface area contributed by atoms with Gasteiger partial charge in [0.05, 0.1) is 10.5 Å². The molecule has 1 aliphatic carbocycles. The maximum absolute atomic E-state index is 12.4. The number of nitrogens with one attached hydrogen (secondary N) is 1. The van der Waals surface area contributed by atoms with Crippen LogP contribution in [0.3, 0.4) is 0 Å². The molecular weight excluding hydrogens is 358 g/mol. The molecule has 0 spiro atoms. The molecule has 27 heavy (non-hydrogen) atoms. The molecule has 1 N–H and O–H groups in total. The number of hydrogen-bond donors (Lipinski definition) is 1. The average molecular weight is 398 g/mol. The van der Waals surface area contributed by atoms with Gasteiger partial charge in [0.1, 0.15) is 5.82 Å². The van der Waals surface area contributed by atoms with Crippen LogP contribution >= 0.6 is 0 Å². The molecular formula is C21H39N3O2S. The van der Waals surface area contributed by atoms with Crippen LogP contribution in [0.5, 0.6) is 0 Å². The second kappa shape index (κ2) is 9.94. The Bertz CT molecular complexity index is 653. The minimum absolute atomic E-state index is 0.377. The summed E-state index contributed by atoms with van der Waals surface area (Å²) in [6.07, 6.45) is 13.0. The zero-order chi connectivity index (χ0) is 19.9. The van der Waals surface area contributed by atoms with Crippen molar-refractivity contribution in [1.82, 2.24) is 9.78 Å². The third-order valence-electron chi connectivity index (χ3n) is 6.00. The van der Waals surface area contributed by atoms with Gasteiger partial charge in [0.15, 0.2) is 9.84 Å². The van der Waals surface area contributed by atoms with E-state index >= 15 is 0 Å². The Labute approximate surface area is 166 Å². The fraction of sp³-hybridized carbons (Fsp3) is 0.857. The van der Waals surface area contributed by atoms with E-state index in [4.69, 9.17) is 0 Å². The first-order chi connectivity index (χ1) is 12.7. The molecule has 5 nitrogen and oxygen atoms in total. The highest BCUT2D eigenvalue weighted by Crippen LogP contribution is 2.34. The molecule has 0 radical (unpaired) electrons. The Morgan fingerprint density at radius 2 is 1.70 bits per heavy atom. The Morgan fingerprint density at radius 1 is 1.07 bits per heavy atom. The lowest BCUT2D eigenvalue weighted by Gasteiger charge is -2.30. The first-order valence-electron chi connectivity index (χ1n) is 10.6. The summed E-state index contributed by atoms with van der Waals surface area (Å²) in [6.45, 7) is 6.45. The van der Waals surface area contributed by atoms with Gasteiger partial charge < -0.3 is 5.32 Å². The zero-order valence-electron chi connectivity index (χ0n) is 17.7. The van der Waals surface area contributed by atoms with Crippen LogP contribution < -0.4 is 5.32 Å². The molecule has 0 unspecified atom stereocenters. The van der Waals surface area contributed by atoms with Crippen molar-refractivity contribution in [2.45, 2.75) is 89.9 Å². The highest BCUT2D eigenvalue weighted by Gasteiger charge is 2.33. The molecule has 0 aromatic carbocycles. The second-order valence-electron chi connectivity index (χ2n) is 9.20. The molecule has 6 heteroatoms. The molecule has 0 atom stereocenters. The zero-order valence-corrected chi connectivity index (χ0v) is 18.5. The molecule has 1 saturated carbocycles. The summed E-state index contributed by atoms with van der Waals surface area (Å²) >= 11 is 0. The maximum Gasteiger partial charge on any atom is 0.155 e. The van der Waals surface area contributed by atoms with Crippen LogP contribution in [-0.4, -0.2) is 35.7 Å². The minimum Gasteiger partial charge on any atom is -0.372 e. The number of aromatic nitrogens is 2. The van der Waals surface area contributed by atoms with Gasteiger partial charge in [-0.05, 0) is 51.9 Å². The Balaban J connectivity index is 1.55. The van der Waals surface area contributed by atoms with Crippen LogP contribution in [0.15, 0.2) is 12.3 Å². The molecule has 0 aliphatic heterocycles. The van der Waals surface area contributed by atoms with Crippen molar-refractivity contribution in [2.24, 2.45) is 11.8 Å². The maximum atomic E-state index is 12.4. The van der Waals surface area contributed by atoms with Crippen molar-refractivity contribution in [2.75, 3.05) is 18.1 Å². The van der Waals surface area contributed by atoms with Crippen LogP contribution in [0.25, 0.3) is 0 Å². The molecule has 1 aromatic rings. The average Bonchev–Trinajstić information content (AvgIpc) is 3.06. The number of aryl methyl sites for hydroxylation is 1. The number of rotatable bonds is 10. The number of nitrogens with zero attached hydrogens (tertiary/aromatic N) is 2. The van der Waals surface area contributed by atoms with E-state index in [0.717, 1.165) is 31.1 Å². The summed E-state index contributed by atoms with van der Waals surface area (Å²) in [5.41, 5.74) is 0. The van der Waals surface area contributed by atoms with Crippen molar-refractivity contribution in [1.29, 1.82) is 0 Å². The number of unbranched alkanes of at least 4 members (excludes halogenated alkanes) is 3. The van der Waals surface area contributed by atoms with Gasteiger partial charge in [-0.15, -0.1) is 0 Å². The van der Waals surface area contributed by atoms with Crippen molar-refractivity contribution in [3.63, 3.8) is 0 Å². The molecule has 1 aliphatic rings. The lowest BCUT2D eigenvalue weighted by molar-refractivity contribution is 0.271. The van der Waals surface area contributed by atoms with Crippen LogP contribution in [0.1, 0.15) is 78.6 Å². The van der Waals surface area contributed by atoms with E-state index in [1.54, 1.807) is 0 Å². The van der Waals surface area contributed by atoms with Crippen molar-refractivity contribution >= 4 is 15.7 Å². The van der Waals surface area contributed by atoms with Gasteiger partial charge in [0.2, 0.25) is 0 Å². The predicted octanol–water partition coefficient (Wildman–Crippen LogP) is 4.90. The van der Waals surface area contributed by atoms with Gasteiger partial charge in [-0.2, -0.15) is 5.10 Å². The molecule has 1 fully saturated rings. The summed E-state index contributed by atoms with van der Waals surface area (Å²) < 4.78 is 26.2. The quantitative estimate of drug-likeness (QED) is 0.571. The molecule has 0 amide bonds. The Kier molecular flexibility index (Phi) is 8.20. The second-order valence-corrected chi connectivity index (χ2v) is 12.0. The van der Waals surface area contributed by atoms with E-state index in [1.165, 1.54) is 44.9 Å². The summed E-state index contributed by atoms with van der Waals surface area (Å²) in [5, 5.41) is 7.48. The summed E-state index contributed by atoms with van der Waals surface area (Å²) in [6, 6.07) is 2.00. The molecule has 1 aromatic heterocycles. The fourth-order valence-corrected chi connectivity index (χ4v) is 5.38. The summed E-state index contributed by atoms with van der Waals surface area (Å²) in [5.74, 6) is 2.50. The van der Waals surface area contributed by atoms with E-state index in [2.05, 4.69) is 10.4 Å². The Morgan fingerprint density at radius 3 is 2.30 bits per heavy atom. The van der Waals surface area contributed by atoms with E-state index in [0.29, 0.717) is 11.7 Å². The van der Waals surface area contributed by atoms with E-state index in [9.17, 15) is 8.42 Å². The lowest BCUT2D eigenvalue weighted by atomic mass is 9.80. The minimum atomic E-state index is -2.98. The molecule has 1 heterocycles. The largest absolute Gasteiger partial charge is 0.372 e. The highest BCUT2D eigenvalue weighted by molar-refractivity contribution is 7.92. The van der Waals surface area contributed by atoms with E-state index in [-0.39, 0.29) is 0 Å². The third-order valence-corrected chi connectivity index (χ3v) is 8.78. The standard InChI is InChI=1S/C21H39N3O2S/c1-21(2,3)27(25,26)17-19-12-10-18(11-13-19)9-7-5-6-8-15-24-16-14-20(22-4)23-24/h14,16,18-19H,5-13,15,17H2,1-4H3,(H,22,23). The highest BCUT2D eigenvalue weighted by atomic mass is 32.2. The SMILES string of the molecule is CNc1ccn(CCCCCCC2CCC(CS(=O)(=O)C(C)(C)C)CC2)n1. The molecule has 156 valence electrons. The number of sulfone groups is 1. The van der Waals surface area contributed by atoms with Crippen molar-refractivity contribution < 1.29 is 8.42 Å². The van der Waals surface area contributed by atoms with Gasteiger partial charge >= 0.3 is 0 Å². The summed E-state index contributed by atoms with van der Waals surface area (Å²) in [4.78, 5) is 0. The van der Waals surface area contributed by atoms with Gasteiger partial charge in [-0.1, -0.05) is 38.5 Å². The Hall–Kier alpha value is -1.04. The molecule has 0 bridgehead atoms. The van der Waals surface area contributed by atoms with Crippen molar-refractivity contribution in [3.8, 4) is 0 Å². The molecule has 2 rings (SSSR count). The monoisotopic (exact) mass is 397 g/mol. The normalized spacial score (nSPS) is 21.3. The molecule has 0 saturated heterocycles. The van der Waals surface area contributed by atoms with Crippen LogP contribution in [0.4, 0.5) is 5.82 Å². The first kappa shape index (κ1) is 22.3. The van der Waals surface area contributed by atoms with Gasteiger partial charge in [0, 0.05) is 25.9 Å². The number of anilines is 1. The lowest BCUT2D eigenvalue weighted by Crippen LogP contribution is -2.34. The van der Waals surface area contributed by atoms with E-state index < -0.39 is 14.6 Å². The van der Waals surface area contributed by atoms with Crippen LogP contribution in [0, 0.1) is 11.8 Å². The smallest absolute Gasteiger partial charge is 0.155 e. The predicted molar refractivity (Wildman–Crippen MR) is 114 cm³/mol. The van der Waals surface area contributed by atoms with Crippen molar-refractivity contribution in [3.05, 3.63) is 12.3 Å². The van der Waals surface area contributed by atoms with Gasteiger partial charge in [0.25, 0.3) is 0 Å². The fourth-order valence-electron chi connectivity index (χ4n) is 3.93. The topological polar surface area (TPSA) is 64.0 Å². The van der Waals surface area contributed by atoms with Crippen LogP contribution in [0.2, 0.25) is 0 Å². The third kappa shape index (κ3) is 7.13. The van der Waals surface area contributed by atoms with Crippen LogP contribution in [-0.2, 0) is 16.4 Å². The first-order valence-corrected chi connectivity index (χ1v) is 12.3. The van der Waals surface area contributed by atoms with E-state index in [1.807, 2.05) is 44.8 Å².